The second-order valence-electron chi connectivity index (χ2n) is 12.0. The number of fused-ring (bicyclic) bond motifs is 1. The predicted octanol–water partition coefficient (Wildman–Crippen LogP) is 7.79. The topological polar surface area (TPSA) is 137 Å². The fraction of sp³-hybridized carbons (Fsp3) is 0.216. The van der Waals surface area contributed by atoms with Crippen molar-refractivity contribution in [2.24, 2.45) is 0 Å². The number of methoxy groups -OCH3 is 1. The highest BCUT2D eigenvalue weighted by molar-refractivity contribution is 6.35. The van der Waals surface area contributed by atoms with Gasteiger partial charge in [-0.1, -0.05) is 41.9 Å². The van der Waals surface area contributed by atoms with Crippen LogP contribution in [0.2, 0.25) is 5.02 Å². The Morgan fingerprint density at radius 2 is 1.94 bits per heavy atom. The molecule has 0 unspecified atom stereocenters. The summed E-state index contributed by atoms with van der Waals surface area (Å²) >= 11 is 6.71. The predicted molar refractivity (Wildman–Crippen MR) is 190 cm³/mol. The van der Waals surface area contributed by atoms with E-state index in [9.17, 15) is 14.7 Å². The number of rotatable bonds is 10. The van der Waals surface area contributed by atoms with Crippen molar-refractivity contribution in [3.05, 3.63) is 108 Å². The summed E-state index contributed by atoms with van der Waals surface area (Å²) in [5.41, 5.74) is 4.91. The van der Waals surface area contributed by atoms with Gasteiger partial charge < -0.3 is 29.4 Å². The number of carbonyl (C=O) groups is 2. The lowest BCUT2D eigenvalue weighted by atomic mass is 10.0. The van der Waals surface area contributed by atoms with Gasteiger partial charge in [0.05, 0.1) is 41.0 Å². The van der Waals surface area contributed by atoms with Crippen molar-refractivity contribution in [1.29, 1.82) is 0 Å². The molecule has 1 atom stereocenters. The molecule has 0 spiro atoms. The molecule has 4 heterocycles. The number of carboxylic acid groups (broad SMARTS) is 1. The summed E-state index contributed by atoms with van der Waals surface area (Å²) in [4.78, 5) is 35.2. The molecular weight excluding hydrogens is 658 g/mol. The number of para-hydroxylation sites is 1. The number of benzene rings is 3. The van der Waals surface area contributed by atoms with E-state index in [0.717, 1.165) is 47.9 Å². The molecule has 6 aromatic rings. The van der Waals surface area contributed by atoms with E-state index in [-0.39, 0.29) is 12.6 Å². The third-order valence-corrected chi connectivity index (χ3v) is 9.12. The van der Waals surface area contributed by atoms with Crippen molar-refractivity contribution in [2.75, 3.05) is 25.5 Å². The Morgan fingerprint density at radius 3 is 2.74 bits per heavy atom. The summed E-state index contributed by atoms with van der Waals surface area (Å²) < 4.78 is 14.9. The van der Waals surface area contributed by atoms with Crippen LogP contribution in [-0.2, 0) is 6.61 Å². The van der Waals surface area contributed by atoms with Crippen LogP contribution in [-0.4, -0.2) is 66.9 Å². The van der Waals surface area contributed by atoms with Gasteiger partial charge in [0.15, 0.2) is 12.1 Å². The highest BCUT2D eigenvalue weighted by Gasteiger charge is 2.27. The number of likely N-dealkylation sites (tertiary alicyclic amines) is 1. The zero-order valence-corrected chi connectivity index (χ0v) is 28.0. The number of nitrogens with one attached hydrogen (secondary N) is 1. The SMILES string of the molecule is COc1ccc(COc2cccc(-c3cnn(-c4cc(Nc5nc6cccc(Cl)c6n5[C@@H]5CCCCN(C(=O)O)C5)ccn4)c3)c2C=O)cc1. The Kier molecular flexibility index (Phi) is 9.35. The number of carbonyl (C=O) groups excluding carboxylic acids is 1. The minimum Gasteiger partial charge on any atom is -0.497 e. The zero-order valence-electron chi connectivity index (χ0n) is 27.2. The first kappa shape index (κ1) is 32.7. The van der Waals surface area contributed by atoms with Crippen LogP contribution in [0.4, 0.5) is 16.4 Å². The third kappa shape index (κ3) is 6.70. The average molecular weight is 692 g/mol. The summed E-state index contributed by atoms with van der Waals surface area (Å²) in [5, 5.41) is 18.3. The maximum Gasteiger partial charge on any atom is 0.407 e. The maximum absolute atomic E-state index is 12.3. The number of anilines is 2. The van der Waals surface area contributed by atoms with Gasteiger partial charge in [-0.15, -0.1) is 0 Å². The Labute approximate surface area is 292 Å². The molecule has 7 rings (SSSR count). The molecule has 1 amide bonds. The summed E-state index contributed by atoms with van der Waals surface area (Å²) in [7, 11) is 1.62. The molecule has 1 aliphatic heterocycles. The second-order valence-corrected chi connectivity index (χ2v) is 12.4. The Bertz CT molecular complexity index is 2160. The number of pyridine rings is 1. The van der Waals surface area contributed by atoms with Crippen LogP contribution in [0.5, 0.6) is 11.5 Å². The lowest BCUT2D eigenvalue weighted by molar-refractivity contribution is 0.111. The van der Waals surface area contributed by atoms with Crippen molar-refractivity contribution in [1.82, 2.24) is 29.2 Å². The number of imidazole rings is 1. The molecule has 50 heavy (non-hydrogen) atoms. The van der Waals surface area contributed by atoms with E-state index in [1.54, 1.807) is 30.3 Å². The summed E-state index contributed by atoms with van der Waals surface area (Å²) in [5.74, 6) is 2.30. The molecular formula is C37H34ClN7O5. The minimum absolute atomic E-state index is 0.168. The third-order valence-electron chi connectivity index (χ3n) is 8.81. The number of halogens is 1. The van der Waals surface area contributed by atoms with E-state index in [2.05, 4.69) is 15.4 Å². The first-order chi connectivity index (χ1) is 24.4. The van der Waals surface area contributed by atoms with E-state index in [0.29, 0.717) is 58.0 Å². The van der Waals surface area contributed by atoms with Gasteiger partial charge in [0.2, 0.25) is 5.95 Å². The highest BCUT2D eigenvalue weighted by atomic mass is 35.5. The van der Waals surface area contributed by atoms with Gasteiger partial charge >= 0.3 is 6.09 Å². The van der Waals surface area contributed by atoms with Crippen molar-refractivity contribution >= 4 is 46.6 Å². The van der Waals surface area contributed by atoms with Crippen molar-refractivity contribution in [3.8, 4) is 28.4 Å². The first-order valence-electron chi connectivity index (χ1n) is 16.2. The van der Waals surface area contributed by atoms with Crippen molar-refractivity contribution in [3.63, 3.8) is 0 Å². The highest BCUT2D eigenvalue weighted by Crippen LogP contribution is 2.35. The van der Waals surface area contributed by atoms with Gasteiger partial charge in [0.25, 0.3) is 0 Å². The van der Waals surface area contributed by atoms with E-state index in [1.165, 1.54) is 4.90 Å². The molecule has 12 nitrogen and oxygen atoms in total. The van der Waals surface area contributed by atoms with Crippen LogP contribution in [0, 0.1) is 0 Å². The molecule has 1 aliphatic rings. The smallest absolute Gasteiger partial charge is 0.407 e. The Morgan fingerprint density at radius 1 is 1.10 bits per heavy atom. The number of ether oxygens (including phenoxy) is 2. The number of hydrogen-bond donors (Lipinski definition) is 2. The molecule has 1 saturated heterocycles. The molecule has 0 radical (unpaired) electrons. The van der Waals surface area contributed by atoms with Crippen LogP contribution in [0.1, 0.15) is 41.2 Å². The quantitative estimate of drug-likeness (QED) is 0.138. The number of hydrogen-bond acceptors (Lipinski definition) is 8. The lowest BCUT2D eigenvalue weighted by Crippen LogP contribution is -2.34. The van der Waals surface area contributed by atoms with E-state index >= 15 is 0 Å². The van der Waals surface area contributed by atoms with Gasteiger partial charge in [-0.3, -0.25) is 4.79 Å². The molecule has 3 aromatic carbocycles. The van der Waals surface area contributed by atoms with E-state index in [1.807, 2.05) is 77.5 Å². The fourth-order valence-corrected chi connectivity index (χ4v) is 6.58. The van der Waals surface area contributed by atoms with E-state index in [4.69, 9.17) is 26.1 Å². The van der Waals surface area contributed by atoms with Crippen molar-refractivity contribution in [2.45, 2.75) is 31.9 Å². The largest absolute Gasteiger partial charge is 0.497 e. The molecule has 0 saturated carbocycles. The van der Waals surface area contributed by atoms with E-state index < -0.39 is 6.09 Å². The molecule has 0 bridgehead atoms. The van der Waals surface area contributed by atoms with Gasteiger partial charge in [0.1, 0.15) is 18.1 Å². The number of amides is 1. The minimum atomic E-state index is -0.938. The number of aldehydes is 1. The zero-order chi connectivity index (χ0) is 34.6. The van der Waals surface area contributed by atoms with Gasteiger partial charge in [-0.2, -0.15) is 5.10 Å². The lowest BCUT2D eigenvalue weighted by Gasteiger charge is -2.25. The Hall–Kier alpha value is -5.88. The molecule has 1 fully saturated rings. The molecule has 13 heteroatoms. The molecule has 2 N–H and O–H groups in total. The van der Waals surface area contributed by atoms with Crippen LogP contribution in [0.15, 0.2) is 91.4 Å². The van der Waals surface area contributed by atoms with Crippen LogP contribution in [0.25, 0.3) is 28.0 Å². The normalized spacial score (nSPS) is 14.7. The van der Waals surface area contributed by atoms with Gasteiger partial charge in [-0.25, -0.2) is 19.4 Å². The van der Waals surface area contributed by atoms with Gasteiger partial charge in [0, 0.05) is 42.8 Å². The van der Waals surface area contributed by atoms with Crippen molar-refractivity contribution < 1.29 is 24.2 Å². The number of nitrogens with zero attached hydrogens (tertiary/aromatic N) is 6. The van der Waals surface area contributed by atoms with Crippen LogP contribution >= 0.6 is 11.6 Å². The first-order valence-corrected chi connectivity index (χ1v) is 16.6. The monoisotopic (exact) mass is 691 g/mol. The molecule has 3 aromatic heterocycles. The molecule has 254 valence electrons. The molecule has 0 aliphatic carbocycles. The average Bonchev–Trinajstić information content (AvgIpc) is 3.69. The van der Waals surface area contributed by atoms with Crippen LogP contribution < -0.4 is 14.8 Å². The maximum atomic E-state index is 12.3. The standard InChI is InChI=1S/C37H34ClN7O5/c1-49-28-13-11-24(12-14-28)23-50-33-10-4-7-29(30(33)22-46)25-19-40-44(20-25)34-18-26(15-16-39-34)41-36-42-32-9-5-8-31(38)35(32)45(36)27-6-2-3-17-43(21-27)37(47)48/h4-5,7-16,18-20,22,27H,2-3,6,17,21,23H2,1H3,(H,47,48)(H,39,41,42)/t27-/m1/s1. The summed E-state index contributed by atoms with van der Waals surface area (Å²) in [6.45, 7) is 1.11. The summed E-state index contributed by atoms with van der Waals surface area (Å²) in [6, 6.07) is 22.1. The van der Waals surface area contributed by atoms with Crippen LogP contribution in [0.3, 0.4) is 0 Å². The summed E-state index contributed by atoms with van der Waals surface area (Å²) in [6.07, 6.45) is 7.46. The van der Waals surface area contributed by atoms with Gasteiger partial charge in [-0.05, 0) is 66.8 Å². The number of aromatic nitrogens is 5. The second kappa shape index (κ2) is 14.3. The Balaban J connectivity index is 1.15. The fourth-order valence-electron chi connectivity index (χ4n) is 6.32.